The number of hydrogen-bond acceptors (Lipinski definition) is 6. The highest BCUT2D eigenvalue weighted by molar-refractivity contribution is 7.92. The third-order valence-electron chi connectivity index (χ3n) is 5.24. The number of benzene rings is 3. The molecule has 8 nitrogen and oxygen atoms in total. The number of fused-ring (bicyclic) bond motifs is 1. The molecule has 180 valence electrons. The Bertz CT molecular complexity index is 1580. The maximum absolute atomic E-state index is 13.7. The molecular weight excluding hydrogens is 493 g/mol. The van der Waals surface area contributed by atoms with Gasteiger partial charge >= 0.3 is 5.97 Å². The highest BCUT2D eigenvalue weighted by Gasteiger charge is 2.21. The number of nitrogens with zero attached hydrogens (tertiary/aromatic N) is 3. The average molecular weight is 514 g/mol. The molecule has 0 radical (unpaired) electrons. The molecule has 35 heavy (non-hydrogen) atoms. The number of hydrogen-bond donors (Lipinski definition) is 0. The van der Waals surface area contributed by atoms with E-state index in [0.717, 1.165) is 15.6 Å². The van der Waals surface area contributed by atoms with E-state index < -0.39 is 27.7 Å². The summed E-state index contributed by atoms with van der Waals surface area (Å²) in [4.78, 5) is 29.1. The summed E-state index contributed by atoms with van der Waals surface area (Å²) in [6, 6.07) is 18.1. The van der Waals surface area contributed by atoms with Crippen LogP contribution in [0.2, 0.25) is 0 Å². The molecule has 1 heterocycles. The predicted octanol–water partition coefficient (Wildman–Crippen LogP) is 3.58. The van der Waals surface area contributed by atoms with Crippen LogP contribution in [0.1, 0.15) is 10.4 Å². The third-order valence-corrected chi connectivity index (χ3v) is 8.08. The van der Waals surface area contributed by atoms with E-state index in [9.17, 15) is 22.4 Å². The number of carbonyl (C=O) groups is 2. The quantitative estimate of drug-likeness (QED) is 0.367. The summed E-state index contributed by atoms with van der Waals surface area (Å²) in [7, 11) is -1.15. The lowest BCUT2D eigenvalue weighted by Crippen LogP contribution is -2.26. The van der Waals surface area contributed by atoms with Gasteiger partial charge in [0.1, 0.15) is 12.4 Å². The number of anilines is 1. The molecule has 1 aromatic heterocycles. The van der Waals surface area contributed by atoms with Crippen molar-refractivity contribution in [1.29, 1.82) is 0 Å². The van der Waals surface area contributed by atoms with Gasteiger partial charge in [0.05, 0.1) is 27.9 Å². The zero-order chi connectivity index (χ0) is 25.2. The molecule has 11 heteroatoms. The fraction of sp³-hybridized carbons (Fsp3) is 0.125. The van der Waals surface area contributed by atoms with Crippen molar-refractivity contribution in [3.05, 3.63) is 89.0 Å². The van der Waals surface area contributed by atoms with Gasteiger partial charge in [0.25, 0.3) is 15.9 Å². The fourth-order valence-corrected chi connectivity index (χ4v) is 5.58. The Morgan fingerprint density at radius 3 is 2.40 bits per heavy atom. The van der Waals surface area contributed by atoms with E-state index in [1.165, 1.54) is 61.2 Å². The van der Waals surface area contributed by atoms with E-state index in [2.05, 4.69) is 4.99 Å². The molecule has 0 fully saturated rings. The number of aromatic nitrogens is 1. The number of halogens is 1. The van der Waals surface area contributed by atoms with Crippen LogP contribution in [0, 0.1) is 5.82 Å². The summed E-state index contributed by atoms with van der Waals surface area (Å²) in [5.74, 6) is -1.66. The SMILES string of the molecule is COC(=O)Cn1c(=NC(=O)c2ccc(S(=O)(=O)N(C)c3ccccc3)cc2)sc2cc(F)ccc21. The molecule has 1 amide bonds. The minimum Gasteiger partial charge on any atom is -0.468 e. The highest BCUT2D eigenvalue weighted by atomic mass is 32.2. The van der Waals surface area contributed by atoms with Crippen molar-refractivity contribution in [2.75, 3.05) is 18.5 Å². The van der Waals surface area contributed by atoms with Gasteiger partial charge in [-0.3, -0.25) is 13.9 Å². The van der Waals surface area contributed by atoms with Crippen LogP contribution in [-0.2, 0) is 26.1 Å². The molecule has 0 saturated heterocycles. The van der Waals surface area contributed by atoms with Gasteiger partial charge in [-0.1, -0.05) is 29.5 Å². The van der Waals surface area contributed by atoms with Crippen LogP contribution in [0.3, 0.4) is 0 Å². The van der Waals surface area contributed by atoms with E-state index in [1.807, 2.05) is 0 Å². The molecule has 0 aliphatic carbocycles. The number of esters is 1. The third kappa shape index (κ3) is 5.00. The number of rotatable bonds is 6. The minimum absolute atomic E-state index is 0.0125. The topological polar surface area (TPSA) is 98.0 Å². The van der Waals surface area contributed by atoms with E-state index >= 15 is 0 Å². The average Bonchev–Trinajstić information content (AvgIpc) is 3.19. The zero-order valence-electron chi connectivity index (χ0n) is 18.7. The molecule has 0 spiro atoms. The first-order valence-corrected chi connectivity index (χ1v) is 12.5. The van der Waals surface area contributed by atoms with E-state index in [0.29, 0.717) is 15.9 Å². The van der Waals surface area contributed by atoms with Gasteiger partial charge in [-0.2, -0.15) is 4.99 Å². The number of para-hydroxylation sites is 1. The Hall–Kier alpha value is -3.83. The molecule has 3 aromatic carbocycles. The molecular formula is C24H20FN3O5S2. The molecule has 4 rings (SSSR count). The number of ether oxygens (including phenoxy) is 1. The monoisotopic (exact) mass is 513 g/mol. The first kappa shape index (κ1) is 24.3. The normalized spacial score (nSPS) is 12.0. The van der Waals surface area contributed by atoms with Crippen LogP contribution in [0.4, 0.5) is 10.1 Å². The van der Waals surface area contributed by atoms with Crippen LogP contribution < -0.4 is 9.11 Å². The second-order valence-electron chi connectivity index (χ2n) is 7.41. The highest BCUT2D eigenvalue weighted by Crippen LogP contribution is 2.22. The smallest absolute Gasteiger partial charge is 0.325 e. The predicted molar refractivity (Wildman–Crippen MR) is 130 cm³/mol. The Labute approximate surface area is 204 Å². The molecule has 0 N–H and O–H groups in total. The summed E-state index contributed by atoms with van der Waals surface area (Å²) >= 11 is 1.05. The Kier molecular flexibility index (Phi) is 6.81. The van der Waals surface area contributed by atoms with Crippen molar-refractivity contribution in [3.8, 4) is 0 Å². The zero-order valence-corrected chi connectivity index (χ0v) is 20.3. The first-order valence-electron chi connectivity index (χ1n) is 10.3. The van der Waals surface area contributed by atoms with Gasteiger partial charge < -0.3 is 9.30 Å². The van der Waals surface area contributed by atoms with E-state index in [-0.39, 0.29) is 21.8 Å². The van der Waals surface area contributed by atoms with Gasteiger partial charge in [0, 0.05) is 12.6 Å². The molecule has 0 saturated carbocycles. The van der Waals surface area contributed by atoms with Gasteiger partial charge in [-0.15, -0.1) is 0 Å². The van der Waals surface area contributed by atoms with Crippen molar-refractivity contribution in [2.45, 2.75) is 11.4 Å². The number of amides is 1. The summed E-state index contributed by atoms with van der Waals surface area (Å²) in [5, 5.41) is 0. The summed E-state index contributed by atoms with van der Waals surface area (Å²) in [6.07, 6.45) is 0. The maximum atomic E-state index is 13.7. The van der Waals surface area contributed by atoms with Gasteiger partial charge in [-0.25, -0.2) is 12.8 Å². The van der Waals surface area contributed by atoms with Crippen LogP contribution in [0.15, 0.2) is 82.7 Å². The fourth-order valence-electron chi connectivity index (χ4n) is 3.33. The van der Waals surface area contributed by atoms with Gasteiger partial charge in [0.15, 0.2) is 4.80 Å². The number of sulfonamides is 1. The minimum atomic E-state index is -3.84. The molecule has 0 atom stereocenters. The lowest BCUT2D eigenvalue weighted by molar-refractivity contribution is -0.141. The lowest BCUT2D eigenvalue weighted by Gasteiger charge is -2.19. The molecule has 0 aliphatic heterocycles. The van der Waals surface area contributed by atoms with Crippen LogP contribution in [-0.4, -0.2) is 39.0 Å². The molecule has 4 aromatic rings. The largest absolute Gasteiger partial charge is 0.468 e. The van der Waals surface area contributed by atoms with Crippen LogP contribution >= 0.6 is 11.3 Å². The maximum Gasteiger partial charge on any atom is 0.325 e. The van der Waals surface area contributed by atoms with Crippen molar-refractivity contribution >= 4 is 49.1 Å². The Morgan fingerprint density at radius 2 is 1.74 bits per heavy atom. The summed E-state index contributed by atoms with van der Waals surface area (Å²) in [6.45, 7) is -0.211. The molecule has 0 unspecified atom stereocenters. The van der Waals surface area contributed by atoms with Crippen molar-refractivity contribution in [2.24, 2.45) is 4.99 Å². The molecule has 0 aliphatic rings. The second-order valence-corrected chi connectivity index (χ2v) is 10.4. The van der Waals surface area contributed by atoms with Crippen molar-refractivity contribution < 1.29 is 27.1 Å². The molecule has 0 bridgehead atoms. The van der Waals surface area contributed by atoms with E-state index in [4.69, 9.17) is 4.74 Å². The number of thiazole rings is 1. The lowest BCUT2D eigenvalue weighted by atomic mass is 10.2. The van der Waals surface area contributed by atoms with Crippen LogP contribution in [0.5, 0.6) is 0 Å². The summed E-state index contributed by atoms with van der Waals surface area (Å²) < 4.78 is 47.4. The van der Waals surface area contributed by atoms with Gasteiger partial charge in [-0.05, 0) is 54.6 Å². The van der Waals surface area contributed by atoms with E-state index in [1.54, 1.807) is 30.3 Å². The summed E-state index contributed by atoms with van der Waals surface area (Å²) in [5.41, 5.74) is 1.18. The Morgan fingerprint density at radius 1 is 1.06 bits per heavy atom. The standard InChI is InChI=1S/C24H20FN3O5S2/c1-27(18-6-4-3-5-7-18)35(31,32)19-11-8-16(9-12-19)23(30)26-24-28(15-22(29)33-2)20-13-10-17(25)14-21(20)34-24/h3-14H,15H2,1-2H3. The number of methoxy groups -OCH3 is 1. The van der Waals surface area contributed by atoms with Crippen molar-refractivity contribution in [1.82, 2.24) is 4.57 Å². The van der Waals surface area contributed by atoms with Gasteiger partial charge in [0.2, 0.25) is 0 Å². The Balaban J connectivity index is 1.67. The first-order chi connectivity index (χ1) is 16.7. The van der Waals surface area contributed by atoms with Crippen molar-refractivity contribution in [3.63, 3.8) is 0 Å². The number of carbonyl (C=O) groups excluding carboxylic acids is 2. The van der Waals surface area contributed by atoms with Crippen LogP contribution in [0.25, 0.3) is 10.2 Å². The second kappa shape index (κ2) is 9.80.